The fraction of sp³-hybridized carbons (Fsp3) is 0.0417. The Morgan fingerprint density at radius 3 is 2.24 bits per heavy atom. The topological polar surface area (TPSA) is 92.2 Å². The van der Waals surface area contributed by atoms with E-state index in [0.29, 0.717) is 37.3 Å². The summed E-state index contributed by atoms with van der Waals surface area (Å²) in [6.45, 7) is 1.85. The number of rotatable bonds is 4. The number of hydrogen-bond acceptors (Lipinski definition) is 3. The summed E-state index contributed by atoms with van der Waals surface area (Å²) in [4.78, 5) is 38.2. The molecule has 3 N–H and O–H groups in total. The number of halogens is 3. The highest BCUT2D eigenvalue weighted by Crippen LogP contribution is 2.25. The summed E-state index contributed by atoms with van der Waals surface area (Å²) in [5.41, 5.74) is 4.72. The van der Waals surface area contributed by atoms with Crippen LogP contribution < -0.4 is 16.1 Å². The molecule has 1 aromatic heterocycles. The van der Waals surface area contributed by atoms with Crippen LogP contribution in [0.25, 0.3) is 10.9 Å². The Kier molecular flexibility index (Phi) is 6.79. The summed E-state index contributed by atoms with van der Waals surface area (Å²) < 4.78 is 1.23. The third-order valence-corrected chi connectivity index (χ3v) is 5.81. The van der Waals surface area contributed by atoms with Crippen molar-refractivity contribution in [2.45, 2.75) is 6.92 Å². The van der Waals surface area contributed by atoms with Gasteiger partial charge >= 0.3 is 11.8 Å². The third-order valence-electron chi connectivity index (χ3n) is 4.93. The Labute approximate surface area is 209 Å². The van der Waals surface area contributed by atoms with E-state index in [2.05, 4.69) is 16.1 Å². The standard InChI is InChI=1S/C24H17Cl3N4O3/c1-13-5-7-18(12-19(13)27)28-22(32)21-10-14-9-16(26)6-8-20(14)31(21)30-24(34)23(33)29-17-4-2-3-15(25)11-17/h2-12H,1H3,(H,28,32)(H,29,33)(H,30,34). The van der Waals surface area contributed by atoms with E-state index < -0.39 is 17.7 Å². The van der Waals surface area contributed by atoms with Crippen LogP contribution in [0.5, 0.6) is 0 Å². The van der Waals surface area contributed by atoms with Crippen molar-refractivity contribution >= 4 is 74.8 Å². The van der Waals surface area contributed by atoms with Crippen LogP contribution in [0.1, 0.15) is 16.1 Å². The lowest BCUT2D eigenvalue weighted by molar-refractivity contribution is -0.133. The van der Waals surface area contributed by atoms with Crippen molar-refractivity contribution in [2.75, 3.05) is 16.1 Å². The molecule has 3 aromatic carbocycles. The minimum absolute atomic E-state index is 0.0814. The van der Waals surface area contributed by atoms with Crippen molar-refractivity contribution in [1.82, 2.24) is 4.68 Å². The molecular weight excluding hydrogens is 499 g/mol. The first-order valence-corrected chi connectivity index (χ1v) is 11.1. The molecule has 0 radical (unpaired) electrons. The molecule has 10 heteroatoms. The van der Waals surface area contributed by atoms with Gasteiger partial charge in [0.05, 0.1) is 5.52 Å². The smallest absolute Gasteiger partial charge is 0.321 e. The van der Waals surface area contributed by atoms with Gasteiger partial charge in [0.1, 0.15) is 5.69 Å². The Morgan fingerprint density at radius 2 is 1.50 bits per heavy atom. The number of amides is 3. The van der Waals surface area contributed by atoms with E-state index in [9.17, 15) is 14.4 Å². The van der Waals surface area contributed by atoms with Crippen LogP contribution in [0.15, 0.2) is 66.7 Å². The van der Waals surface area contributed by atoms with Crippen molar-refractivity contribution in [3.05, 3.63) is 93.1 Å². The number of nitrogens with zero attached hydrogens (tertiary/aromatic N) is 1. The molecule has 0 atom stereocenters. The molecule has 0 fully saturated rings. The molecule has 0 aliphatic rings. The van der Waals surface area contributed by atoms with Gasteiger partial charge in [-0.3, -0.25) is 19.8 Å². The van der Waals surface area contributed by atoms with Gasteiger partial charge in [0.15, 0.2) is 0 Å². The molecule has 4 rings (SSSR count). The summed E-state index contributed by atoms with van der Waals surface area (Å²) in [6, 6.07) is 17.9. The second kappa shape index (κ2) is 9.77. The van der Waals surface area contributed by atoms with Gasteiger partial charge in [-0.2, -0.15) is 0 Å². The van der Waals surface area contributed by atoms with Gasteiger partial charge in [0.2, 0.25) is 0 Å². The van der Waals surface area contributed by atoms with Crippen molar-refractivity contribution in [3.8, 4) is 0 Å². The van der Waals surface area contributed by atoms with Crippen LogP contribution in [0.4, 0.5) is 11.4 Å². The summed E-state index contributed by atoms with van der Waals surface area (Å²) in [6.07, 6.45) is 0. The molecule has 0 bridgehead atoms. The van der Waals surface area contributed by atoms with Gasteiger partial charge in [-0.25, -0.2) is 4.68 Å². The molecule has 4 aromatic rings. The fourth-order valence-electron chi connectivity index (χ4n) is 3.25. The lowest BCUT2D eigenvalue weighted by Gasteiger charge is -2.13. The van der Waals surface area contributed by atoms with E-state index in [1.165, 1.54) is 10.7 Å². The van der Waals surface area contributed by atoms with Crippen molar-refractivity contribution in [1.29, 1.82) is 0 Å². The first-order chi connectivity index (χ1) is 16.2. The monoisotopic (exact) mass is 514 g/mol. The summed E-state index contributed by atoms with van der Waals surface area (Å²) in [5.74, 6) is -2.45. The van der Waals surface area contributed by atoms with E-state index in [1.54, 1.807) is 60.7 Å². The van der Waals surface area contributed by atoms with E-state index in [-0.39, 0.29) is 5.69 Å². The molecular formula is C24H17Cl3N4O3. The largest absolute Gasteiger partial charge is 0.328 e. The minimum Gasteiger partial charge on any atom is -0.321 e. The molecule has 0 saturated carbocycles. The average Bonchev–Trinajstić information content (AvgIpc) is 3.13. The molecule has 0 unspecified atom stereocenters. The Balaban J connectivity index is 1.63. The number of hydrogen-bond donors (Lipinski definition) is 3. The van der Waals surface area contributed by atoms with Crippen LogP contribution in [-0.4, -0.2) is 22.4 Å². The second-order valence-corrected chi connectivity index (χ2v) is 8.67. The highest BCUT2D eigenvalue weighted by atomic mass is 35.5. The Bertz CT molecular complexity index is 1450. The second-order valence-electron chi connectivity index (χ2n) is 7.39. The van der Waals surface area contributed by atoms with Crippen molar-refractivity contribution in [2.24, 2.45) is 0 Å². The first kappa shape index (κ1) is 23.6. The van der Waals surface area contributed by atoms with Crippen molar-refractivity contribution < 1.29 is 14.4 Å². The van der Waals surface area contributed by atoms with Gasteiger partial charge in [-0.15, -0.1) is 0 Å². The van der Waals surface area contributed by atoms with Crippen LogP contribution in [-0.2, 0) is 9.59 Å². The van der Waals surface area contributed by atoms with E-state index in [4.69, 9.17) is 34.8 Å². The molecule has 0 aliphatic carbocycles. The van der Waals surface area contributed by atoms with Gasteiger partial charge in [0.25, 0.3) is 5.91 Å². The highest BCUT2D eigenvalue weighted by Gasteiger charge is 2.21. The maximum absolute atomic E-state index is 13.1. The number of anilines is 2. The Morgan fingerprint density at radius 1 is 0.765 bits per heavy atom. The highest BCUT2D eigenvalue weighted by molar-refractivity contribution is 6.42. The number of aryl methyl sites for hydroxylation is 1. The number of aromatic nitrogens is 1. The quantitative estimate of drug-likeness (QED) is 0.297. The summed E-state index contributed by atoms with van der Waals surface area (Å²) in [7, 11) is 0. The number of nitrogens with one attached hydrogen (secondary N) is 3. The molecule has 0 saturated heterocycles. The lowest BCUT2D eigenvalue weighted by Crippen LogP contribution is -2.36. The SMILES string of the molecule is Cc1ccc(NC(=O)c2cc3cc(Cl)ccc3n2NC(=O)C(=O)Nc2cccc(Cl)c2)cc1Cl. The maximum Gasteiger partial charge on any atom is 0.328 e. The predicted octanol–water partition coefficient (Wildman–Crippen LogP) is 5.87. The molecule has 3 amide bonds. The van der Waals surface area contributed by atoms with E-state index in [1.807, 2.05) is 6.92 Å². The van der Waals surface area contributed by atoms with Gasteiger partial charge in [-0.1, -0.05) is 46.9 Å². The fourth-order valence-corrected chi connectivity index (χ4v) is 3.80. The number of carbonyl (C=O) groups excluding carboxylic acids is 3. The van der Waals surface area contributed by atoms with Gasteiger partial charge < -0.3 is 10.6 Å². The Hall–Kier alpha value is -3.52. The normalized spacial score (nSPS) is 10.7. The van der Waals surface area contributed by atoms with Gasteiger partial charge in [-0.05, 0) is 67.1 Å². The molecule has 7 nitrogen and oxygen atoms in total. The van der Waals surface area contributed by atoms with Gasteiger partial charge in [0, 0.05) is 31.8 Å². The molecule has 1 heterocycles. The van der Waals surface area contributed by atoms with Crippen LogP contribution in [0.2, 0.25) is 15.1 Å². The number of benzene rings is 3. The zero-order chi connectivity index (χ0) is 24.4. The average molecular weight is 516 g/mol. The molecule has 172 valence electrons. The zero-order valence-electron chi connectivity index (χ0n) is 17.7. The maximum atomic E-state index is 13.1. The number of fused-ring (bicyclic) bond motifs is 1. The third kappa shape index (κ3) is 5.17. The van der Waals surface area contributed by atoms with E-state index >= 15 is 0 Å². The minimum atomic E-state index is -0.986. The van der Waals surface area contributed by atoms with Crippen molar-refractivity contribution in [3.63, 3.8) is 0 Å². The summed E-state index contributed by atoms with van der Waals surface area (Å²) >= 11 is 18.2. The lowest BCUT2D eigenvalue weighted by atomic mass is 10.2. The molecule has 0 spiro atoms. The van der Waals surface area contributed by atoms with E-state index in [0.717, 1.165) is 5.56 Å². The van der Waals surface area contributed by atoms with Crippen LogP contribution in [0.3, 0.4) is 0 Å². The summed E-state index contributed by atoms with van der Waals surface area (Å²) in [5, 5.41) is 7.16. The predicted molar refractivity (Wildman–Crippen MR) is 136 cm³/mol. The zero-order valence-corrected chi connectivity index (χ0v) is 19.9. The molecule has 0 aliphatic heterocycles. The van der Waals surface area contributed by atoms with Crippen LogP contribution in [0, 0.1) is 6.92 Å². The first-order valence-electron chi connectivity index (χ1n) is 9.97. The number of carbonyl (C=O) groups is 3. The van der Waals surface area contributed by atoms with Crippen LogP contribution >= 0.6 is 34.8 Å². The molecule has 34 heavy (non-hydrogen) atoms.